The zero-order valence-corrected chi connectivity index (χ0v) is 53.5. The minimum absolute atomic E-state index is 0. The van der Waals surface area contributed by atoms with Crippen molar-refractivity contribution in [3.05, 3.63) is 255 Å². The summed E-state index contributed by atoms with van der Waals surface area (Å²) in [4.78, 5) is 22.4. The van der Waals surface area contributed by atoms with Crippen LogP contribution in [0.2, 0.25) is 0 Å². The molecule has 8 bridgehead atoms. The van der Waals surface area contributed by atoms with E-state index in [1.807, 2.05) is 0 Å². The molecule has 4 aromatic heterocycles. The molecule has 4 aromatic carbocycles. The maximum atomic E-state index is 5.59. The second-order valence-corrected chi connectivity index (χ2v) is 22.7. The van der Waals surface area contributed by atoms with Gasteiger partial charge in [-0.3, -0.25) is 0 Å². The third-order valence-corrected chi connectivity index (χ3v) is 15.6. The van der Waals surface area contributed by atoms with Crippen LogP contribution in [0.4, 0.5) is 0 Å². The Morgan fingerprint density at radius 1 is 0.253 bits per heavy atom. The fraction of sp³-hybridized carbons (Fsp3) is 0.389. The number of aromatic nitrogens is 4. The van der Waals surface area contributed by atoms with Gasteiger partial charge < -0.3 is 51.2 Å². The summed E-state index contributed by atoms with van der Waals surface area (Å²) >= 11 is 0. The van der Waals surface area contributed by atoms with Crippen LogP contribution in [0.5, 0.6) is 0 Å². The first-order valence-electron chi connectivity index (χ1n) is 29.4. The maximum absolute atomic E-state index is 5.59. The molecule has 0 amide bonds. The number of rotatable bonds is 4. The molecular formula is C72H90N6O4Ru+2. The monoisotopic (exact) mass is 1200 g/mol. The summed E-state index contributed by atoms with van der Waals surface area (Å²) in [6.45, 7) is 34.3. The van der Waals surface area contributed by atoms with E-state index in [9.17, 15) is 0 Å². The topological polar surface area (TPSA) is 163 Å². The van der Waals surface area contributed by atoms with E-state index in [-0.39, 0.29) is 31.8 Å². The standard InChI is InChI=1S/C56H52N4.4C4H8O.2H3N.Ru/c1-29-21-33(5)49(34(6)22-29)53-41-13-15-43(57-41)54(50-35(7)23-30(2)24-36(50)8)45-17-19-47(59-45)56(52-39(11)27-32(4)28-40(52)12)48-20-18-46(60-48)55(44-16-14-42(53)58-44)51-37(9)25-31(3)26-38(51)10;4*1-2-4-5-3-1;;;/h13-28H,1-12H3;4*1-4H2;2*1H3;/q;;;;;;;+2. The summed E-state index contributed by atoms with van der Waals surface area (Å²) < 4.78 is 19.8. The van der Waals surface area contributed by atoms with Crippen molar-refractivity contribution in [3.63, 3.8) is 0 Å². The Labute approximate surface area is 510 Å². The van der Waals surface area contributed by atoms with Gasteiger partial charge in [0.15, 0.2) is 0 Å². The molecule has 438 valence electrons. The second kappa shape index (κ2) is 30.6. The maximum Gasteiger partial charge on any atom is 2.00 e. The molecule has 0 saturated carbocycles. The zero-order chi connectivity index (χ0) is 56.5. The number of hydrogen-bond donors (Lipinski definition) is 2. The fourth-order valence-corrected chi connectivity index (χ4v) is 12.5. The SMILES string of the molecule is C1CCOC1.C1CCOC1.C1CCOC1.C1CCOC1.Cc1cc(C)c([C+]2c3ccc([n-]3)[C+](c3c(C)cc(C)cc3C)c3ccc([n-]3)[C+](c3c(C)cc(C)cc3C)c3ccc([n-]3)[C+](c3c(C)cc(C)cc3C)c3ccc2[n-]3)c(C)c1.N.N.[Ru+2]. The van der Waals surface area contributed by atoms with Gasteiger partial charge in [-0.15, -0.1) is 0 Å². The van der Waals surface area contributed by atoms with E-state index in [0.717, 1.165) is 144 Å². The van der Waals surface area contributed by atoms with Crippen molar-refractivity contribution in [3.8, 4) is 0 Å². The first-order valence-corrected chi connectivity index (χ1v) is 29.4. The average Bonchev–Trinajstić information content (AvgIpc) is 4.27. The molecule has 0 atom stereocenters. The summed E-state index contributed by atoms with van der Waals surface area (Å²) in [5, 5.41) is 0. The van der Waals surface area contributed by atoms with E-state index in [4.69, 9.17) is 38.9 Å². The normalized spacial score (nSPS) is 15.1. The first-order chi connectivity index (χ1) is 38.7. The van der Waals surface area contributed by atoms with Gasteiger partial charge in [-0.2, -0.15) is 0 Å². The summed E-state index contributed by atoms with van der Waals surface area (Å²) in [5.41, 5.74) is 26.3. The smallest absolute Gasteiger partial charge is 0.628 e. The van der Waals surface area contributed by atoms with Crippen LogP contribution in [-0.4, -0.2) is 52.9 Å². The number of ether oxygens (including phenoxy) is 4. The van der Waals surface area contributed by atoms with Crippen LogP contribution in [-0.2, 0) is 38.4 Å². The van der Waals surface area contributed by atoms with Gasteiger partial charge in [-0.25, -0.2) is 0 Å². The number of fused-ring (bicyclic) bond motifs is 8. The van der Waals surface area contributed by atoms with E-state index in [2.05, 4.69) is 180 Å². The van der Waals surface area contributed by atoms with Crippen molar-refractivity contribution in [2.45, 2.75) is 134 Å². The van der Waals surface area contributed by atoms with Crippen LogP contribution in [0.3, 0.4) is 0 Å². The van der Waals surface area contributed by atoms with Crippen LogP contribution >= 0.6 is 0 Å². The molecule has 0 spiro atoms. The number of aryl methyl sites for hydroxylation is 12. The summed E-state index contributed by atoms with van der Waals surface area (Å²) in [6.07, 6.45) is 10.2. The molecule has 4 saturated heterocycles. The Hall–Kier alpha value is -6.14. The molecule has 10 nitrogen and oxygen atoms in total. The Bertz CT molecular complexity index is 2690. The largest absolute Gasteiger partial charge is 2.00 e. The Morgan fingerprint density at radius 2 is 0.386 bits per heavy atom. The Kier molecular flexibility index (Phi) is 24.3. The summed E-state index contributed by atoms with van der Waals surface area (Å²) in [6, 6.07) is 35.6. The van der Waals surface area contributed by atoms with Gasteiger partial charge in [-0.1, -0.05) is 0 Å². The zero-order valence-electron chi connectivity index (χ0n) is 51.7. The molecule has 8 aromatic rings. The van der Waals surface area contributed by atoms with Crippen molar-refractivity contribution in [2.75, 3.05) is 52.9 Å². The number of nitrogens with zero attached hydrogens (tertiary/aromatic N) is 4. The van der Waals surface area contributed by atoms with Gasteiger partial charge in [0.2, 0.25) is 0 Å². The van der Waals surface area contributed by atoms with Crippen molar-refractivity contribution >= 4 is 0 Å². The molecule has 0 aliphatic carbocycles. The minimum atomic E-state index is 0. The minimum Gasteiger partial charge on any atom is -0.628 e. The van der Waals surface area contributed by atoms with Gasteiger partial charge in [0, 0.05) is 170 Å². The van der Waals surface area contributed by atoms with Gasteiger partial charge in [0.05, 0.1) is 22.3 Å². The van der Waals surface area contributed by atoms with Gasteiger partial charge in [-0.05, 0) is 251 Å². The summed E-state index contributed by atoms with van der Waals surface area (Å²) in [7, 11) is 0. The third kappa shape index (κ3) is 15.8. The van der Waals surface area contributed by atoms with Gasteiger partial charge in [0.25, 0.3) is 0 Å². The van der Waals surface area contributed by atoms with Crippen molar-refractivity contribution in [2.24, 2.45) is 0 Å². The van der Waals surface area contributed by atoms with Crippen LogP contribution in [0.1, 0.15) is 186 Å². The molecule has 5 aliphatic heterocycles. The molecule has 0 radical (unpaired) electrons. The van der Waals surface area contributed by atoms with Crippen molar-refractivity contribution < 1.29 is 38.4 Å². The van der Waals surface area contributed by atoms with Crippen molar-refractivity contribution in [1.29, 1.82) is 0 Å². The average molecular weight is 1200 g/mol. The number of hydrogen-bond acceptors (Lipinski definition) is 6. The van der Waals surface area contributed by atoms with Crippen LogP contribution in [0.15, 0.2) is 97.1 Å². The van der Waals surface area contributed by atoms with Crippen LogP contribution in [0.25, 0.3) is 0 Å². The molecule has 5 aliphatic rings. The quantitative estimate of drug-likeness (QED) is 0.128. The molecule has 11 heteroatoms. The molecule has 13 rings (SSSR count). The predicted octanol–water partition coefficient (Wildman–Crippen LogP) is 15.1. The van der Waals surface area contributed by atoms with E-state index in [1.165, 1.54) is 118 Å². The van der Waals surface area contributed by atoms with E-state index < -0.39 is 0 Å². The predicted molar refractivity (Wildman–Crippen MR) is 334 cm³/mol. The molecule has 9 heterocycles. The Morgan fingerprint density at radius 3 is 0.494 bits per heavy atom. The molecular weight excluding hydrogens is 1110 g/mol. The van der Waals surface area contributed by atoms with Crippen molar-refractivity contribution in [1.82, 2.24) is 32.2 Å². The Balaban J connectivity index is 0.000000404. The summed E-state index contributed by atoms with van der Waals surface area (Å²) in [5.74, 6) is 4.10. The third-order valence-electron chi connectivity index (χ3n) is 15.6. The van der Waals surface area contributed by atoms with E-state index >= 15 is 0 Å². The molecule has 0 unspecified atom stereocenters. The van der Waals surface area contributed by atoms with E-state index in [0.29, 0.717) is 0 Å². The fourth-order valence-electron chi connectivity index (χ4n) is 12.5. The molecule has 83 heavy (non-hydrogen) atoms. The van der Waals surface area contributed by atoms with Gasteiger partial charge in [0.1, 0.15) is 0 Å². The molecule has 4 fully saturated rings. The molecule has 6 N–H and O–H groups in total. The number of benzene rings is 4. The van der Waals surface area contributed by atoms with Crippen LogP contribution in [0, 0.1) is 107 Å². The van der Waals surface area contributed by atoms with E-state index in [1.54, 1.807) is 0 Å². The second-order valence-electron chi connectivity index (χ2n) is 22.7. The van der Waals surface area contributed by atoms with Gasteiger partial charge >= 0.3 is 19.5 Å². The first kappa shape index (κ1) is 66.0. The van der Waals surface area contributed by atoms with Crippen LogP contribution < -0.4 is 32.2 Å².